The monoisotopic (exact) mass is 283 g/mol. The lowest BCUT2D eigenvalue weighted by Crippen LogP contribution is -2.45. The van der Waals surface area contributed by atoms with Crippen LogP contribution in [-0.4, -0.2) is 49.3 Å². The van der Waals surface area contributed by atoms with E-state index in [4.69, 9.17) is 4.74 Å². The van der Waals surface area contributed by atoms with Crippen molar-refractivity contribution < 1.29 is 19.0 Å². The summed E-state index contributed by atoms with van der Waals surface area (Å²) in [4.78, 5) is 13.9. The van der Waals surface area contributed by atoms with Gasteiger partial charge in [0, 0.05) is 20.7 Å². The molecule has 5 heteroatoms. The van der Waals surface area contributed by atoms with Crippen LogP contribution in [-0.2, 0) is 14.9 Å². The number of carbonyl (C=O) groups is 1. The van der Waals surface area contributed by atoms with Crippen molar-refractivity contribution in [3.8, 4) is 0 Å². The maximum atomic E-state index is 13.3. The number of rotatable bonds is 6. The fraction of sp³-hybridized carbons (Fsp3) is 0.533. The van der Waals surface area contributed by atoms with Gasteiger partial charge in [0.15, 0.2) is 0 Å². The topological polar surface area (TPSA) is 49.8 Å². The Morgan fingerprint density at radius 3 is 2.70 bits per heavy atom. The molecule has 1 unspecified atom stereocenters. The summed E-state index contributed by atoms with van der Waals surface area (Å²) in [6, 6.07) is 6.01. The van der Waals surface area contributed by atoms with Crippen LogP contribution in [0.25, 0.3) is 0 Å². The SMILES string of the molecule is COCC(O)CN(C)C(=O)C(C)(C)c1cccc(F)c1. The van der Waals surface area contributed by atoms with Gasteiger partial charge in [0.25, 0.3) is 0 Å². The van der Waals surface area contributed by atoms with Crippen molar-refractivity contribution >= 4 is 5.91 Å². The number of ether oxygens (including phenoxy) is 1. The van der Waals surface area contributed by atoms with Gasteiger partial charge in [0.05, 0.1) is 18.1 Å². The van der Waals surface area contributed by atoms with Crippen LogP contribution in [0.15, 0.2) is 24.3 Å². The fourth-order valence-corrected chi connectivity index (χ4v) is 2.12. The quantitative estimate of drug-likeness (QED) is 0.862. The van der Waals surface area contributed by atoms with Crippen molar-refractivity contribution in [2.75, 3.05) is 27.3 Å². The highest BCUT2D eigenvalue weighted by atomic mass is 19.1. The Morgan fingerprint density at radius 2 is 2.15 bits per heavy atom. The van der Waals surface area contributed by atoms with Gasteiger partial charge < -0.3 is 14.7 Å². The van der Waals surface area contributed by atoms with Crippen molar-refractivity contribution in [3.63, 3.8) is 0 Å². The molecule has 0 aliphatic heterocycles. The number of hydrogen-bond donors (Lipinski definition) is 1. The standard InChI is InChI=1S/C15H22FNO3/c1-15(2,11-6-5-7-12(16)8-11)14(19)17(3)9-13(18)10-20-4/h5-8,13,18H,9-10H2,1-4H3. The van der Waals surface area contributed by atoms with E-state index in [1.165, 1.54) is 24.1 Å². The van der Waals surface area contributed by atoms with Gasteiger partial charge in [-0.25, -0.2) is 4.39 Å². The zero-order valence-corrected chi connectivity index (χ0v) is 12.4. The second-order valence-electron chi connectivity index (χ2n) is 5.43. The molecule has 0 heterocycles. The van der Waals surface area contributed by atoms with E-state index in [-0.39, 0.29) is 24.9 Å². The van der Waals surface area contributed by atoms with Gasteiger partial charge in [-0.05, 0) is 31.5 Å². The Balaban J connectivity index is 2.83. The highest BCUT2D eigenvalue weighted by molar-refractivity contribution is 5.87. The van der Waals surface area contributed by atoms with Crippen LogP contribution < -0.4 is 0 Å². The van der Waals surface area contributed by atoms with Gasteiger partial charge in [-0.1, -0.05) is 12.1 Å². The Bertz CT molecular complexity index is 462. The van der Waals surface area contributed by atoms with Crippen LogP contribution in [0, 0.1) is 5.82 Å². The van der Waals surface area contributed by atoms with Gasteiger partial charge in [0.2, 0.25) is 5.91 Å². The lowest BCUT2D eigenvalue weighted by Gasteiger charge is -2.31. The predicted octanol–water partition coefficient (Wildman–Crippen LogP) is 1.57. The molecule has 4 nitrogen and oxygen atoms in total. The normalized spacial score (nSPS) is 13.1. The minimum atomic E-state index is -0.857. The Labute approximate surface area is 119 Å². The number of amides is 1. The zero-order chi connectivity index (χ0) is 15.3. The minimum absolute atomic E-state index is 0.165. The zero-order valence-electron chi connectivity index (χ0n) is 12.4. The van der Waals surface area contributed by atoms with Gasteiger partial charge >= 0.3 is 0 Å². The van der Waals surface area contributed by atoms with E-state index in [1.54, 1.807) is 33.0 Å². The number of likely N-dealkylation sites (N-methyl/N-ethyl adjacent to an activating group) is 1. The van der Waals surface area contributed by atoms with E-state index in [2.05, 4.69) is 0 Å². The predicted molar refractivity (Wildman–Crippen MR) is 74.9 cm³/mol. The summed E-state index contributed by atoms with van der Waals surface area (Å²) in [6.45, 7) is 3.82. The molecule has 0 aliphatic carbocycles. The van der Waals surface area contributed by atoms with Gasteiger partial charge in [-0.3, -0.25) is 4.79 Å². The first-order chi connectivity index (χ1) is 9.28. The Kier molecular flexibility index (Phi) is 5.65. The first-order valence-electron chi connectivity index (χ1n) is 6.47. The van der Waals surface area contributed by atoms with Crippen LogP contribution in [0.3, 0.4) is 0 Å². The summed E-state index contributed by atoms with van der Waals surface area (Å²) in [6.07, 6.45) is -0.739. The molecule has 0 bridgehead atoms. The van der Waals surface area contributed by atoms with E-state index in [9.17, 15) is 14.3 Å². The Hall–Kier alpha value is -1.46. The van der Waals surface area contributed by atoms with E-state index in [0.717, 1.165) is 0 Å². The second-order valence-corrected chi connectivity index (χ2v) is 5.43. The van der Waals surface area contributed by atoms with Crippen molar-refractivity contribution in [3.05, 3.63) is 35.6 Å². The molecule has 20 heavy (non-hydrogen) atoms. The van der Waals surface area contributed by atoms with Crippen molar-refractivity contribution in [1.29, 1.82) is 0 Å². The Morgan fingerprint density at radius 1 is 1.50 bits per heavy atom. The van der Waals surface area contributed by atoms with Gasteiger partial charge in [-0.2, -0.15) is 0 Å². The lowest BCUT2D eigenvalue weighted by atomic mass is 9.83. The van der Waals surface area contributed by atoms with Gasteiger partial charge in [-0.15, -0.1) is 0 Å². The average Bonchev–Trinajstić information content (AvgIpc) is 2.37. The molecule has 0 saturated heterocycles. The number of aliphatic hydroxyl groups excluding tert-OH is 1. The van der Waals surface area contributed by atoms with Crippen molar-refractivity contribution in [1.82, 2.24) is 4.90 Å². The summed E-state index contributed by atoms with van der Waals surface area (Å²) in [7, 11) is 3.10. The van der Waals surface area contributed by atoms with E-state index >= 15 is 0 Å². The van der Waals surface area contributed by atoms with E-state index in [1.807, 2.05) is 0 Å². The molecular formula is C15H22FNO3. The first kappa shape index (κ1) is 16.6. The maximum Gasteiger partial charge on any atom is 0.232 e. The number of methoxy groups -OCH3 is 1. The molecule has 0 radical (unpaired) electrons. The average molecular weight is 283 g/mol. The highest BCUT2D eigenvalue weighted by Gasteiger charge is 2.33. The highest BCUT2D eigenvalue weighted by Crippen LogP contribution is 2.26. The summed E-state index contributed by atoms with van der Waals surface area (Å²) in [5.74, 6) is -0.552. The summed E-state index contributed by atoms with van der Waals surface area (Å²) < 4.78 is 18.1. The van der Waals surface area contributed by atoms with E-state index in [0.29, 0.717) is 5.56 Å². The second kappa shape index (κ2) is 6.81. The number of hydrogen-bond acceptors (Lipinski definition) is 3. The number of halogens is 1. The number of benzene rings is 1. The fourth-order valence-electron chi connectivity index (χ4n) is 2.12. The van der Waals surface area contributed by atoms with Gasteiger partial charge in [0.1, 0.15) is 5.82 Å². The van der Waals surface area contributed by atoms with Crippen molar-refractivity contribution in [2.24, 2.45) is 0 Å². The summed E-state index contributed by atoms with van der Waals surface area (Å²) in [5.41, 5.74) is -0.250. The van der Waals surface area contributed by atoms with Crippen LogP contribution in [0.4, 0.5) is 4.39 Å². The molecule has 0 saturated carbocycles. The largest absolute Gasteiger partial charge is 0.389 e. The molecule has 1 rings (SSSR count). The third-order valence-corrected chi connectivity index (χ3v) is 3.27. The lowest BCUT2D eigenvalue weighted by molar-refractivity contribution is -0.136. The maximum absolute atomic E-state index is 13.3. The molecule has 0 spiro atoms. The molecule has 112 valence electrons. The molecule has 0 aliphatic rings. The molecular weight excluding hydrogens is 261 g/mol. The molecule has 1 aromatic rings. The minimum Gasteiger partial charge on any atom is -0.389 e. The summed E-state index contributed by atoms with van der Waals surface area (Å²) in [5, 5.41) is 9.67. The van der Waals surface area contributed by atoms with Crippen molar-refractivity contribution in [2.45, 2.75) is 25.4 Å². The molecule has 1 atom stereocenters. The molecule has 0 aromatic heterocycles. The first-order valence-corrected chi connectivity index (χ1v) is 6.47. The van der Waals surface area contributed by atoms with Crippen LogP contribution in [0.2, 0.25) is 0 Å². The third-order valence-electron chi connectivity index (χ3n) is 3.27. The van der Waals surface area contributed by atoms with E-state index < -0.39 is 11.5 Å². The van der Waals surface area contributed by atoms with Crippen LogP contribution in [0.1, 0.15) is 19.4 Å². The molecule has 0 fully saturated rings. The molecule has 1 aromatic carbocycles. The third kappa shape index (κ3) is 4.02. The number of nitrogens with zero attached hydrogens (tertiary/aromatic N) is 1. The van der Waals surface area contributed by atoms with Crippen LogP contribution in [0.5, 0.6) is 0 Å². The smallest absolute Gasteiger partial charge is 0.232 e. The molecule has 1 N–H and O–H groups in total. The number of aliphatic hydroxyl groups is 1. The molecule has 1 amide bonds. The summed E-state index contributed by atoms with van der Waals surface area (Å²) >= 11 is 0. The van der Waals surface area contributed by atoms with Crippen LogP contribution >= 0.6 is 0 Å². The number of carbonyl (C=O) groups excluding carboxylic acids is 1.